The van der Waals surface area contributed by atoms with E-state index >= 15 is 0 Å². The number of hydrogen-bond donors (Lipinski definition) is 2. The minimum Gasteiger partial charge on any atom is -0.311 e. The minimum absolute atomic E-state index is 0.134. The van der Waals surface area contributed by atoms with Crippen LogP contribution < -0.4 is 11.2 Å². The lowest BCUT2D eigenvalue weighted by molar-refractivity contribution is 0.596. The highest BCUT2D eigenvalue weighted by Gasteiger charge is 2.23. The number of rotatable bonds is 4. The fourth-order valence-electron chi connectivity index (χ4n) is 4.27. The number of nitrogens with one attached hydrogen (secondary N) is 2. The first-order chi connectivity index (χ1) is 14.7. The summed E-state index contributed by atoms with van der Waals surface area (Å²) in [4.78, 5) is 34.3. The monoisotopic (exact) mass is 415 g/mol. The Morgan fingerprint density at radius 3 is 2.73 bits per heavy atom. The lowest BCUT2D eigenvalue weighted by Crippen LogP contribution is -2.29. The van der Waals surface area contributed by atoms with Crippen LogP contribution in [-0.2, 0) is 6.42 Å². The van der Waals surface area contributed by atoms with Crippen molar-refractivity contribution in [1.82, 2.24) is 15.0 Å². The van der Waals surface area contributed by atoms with Gasteiger partial charge in [0.05, 0.1) is 15.7 Å². The summed E-state index contributed by atoms with van der Waals surface area (Å²) in [5.41, 5.74) is 7.23. The van der Waals surface area contributed by atoms with Crippen LogP contribution in [0.15, 0.2) is 69.7 Å². The molecule has 1 aliphatic rings. The molecular formula is C24H21N3O2S. The van der Waals surface area contributed by atoms with Crippen molar-refractivity contribution in [3.05, 3.63) is 103 Å². The number of benzene rings is 2. The van der Waals surface area contributed by atoms with Gasteiger partial charge in [-0.2, -0.15) is 0 Å². The molecule has 0 fully saturated rings. The molecule has 150 valence electrons. The molecule has 1 atom stereocenters. The standard InChI is InChI=1S/C24H21N3O2S/c28-23-19(12-15-4-2-1-3-5-15)22(26-24(29)27-23)17-8-6-16(7-9-17)18-10-11-20-21(13-18)30-14-25-20/h1-6,10-11,13-14,17H,7-9,12H2,(H2,26,27,28,29). The van der Waals surface area contributed by atoms with E-state index in [-0.39, 0.29) is 11.5 Å². The van der Waals surface area contributed by atoms with Crippen molar-refractivity contribution in [3.63, 3.8) is 0 Å². The summed E-state index contributed by atoms with van der Waals surface area (Å²) < 4.78 is 1.19. The van der Waals surface area contributed by atoms with Crippen LogP contribution in [0.25, 0.3) is 15.8 Å². The zero-order chi connectivity index (χ0) is 20.5. The van der Waals surface area contributed by atoms with Gasteiger partial charge in [-0.15, -0.1) is 11.3 Å². The lowest BCUT2D eigenvalue weighted by atomic mass is 9.83. The third kappa shape index (κ3) is 3.66. The Bertz CT molecular complexity index is 1350. The third-order valence-corrected chi connectivity index (χ3v) is 6.61. The third-order valence-electron chi connectivity index (χ3n) is 5.82. The Kier molecular flexibility index (Phi) is 4.93. The number of aromatic amines is 2. The molecule has 0 spiro atoms. The van der Waals surface area contributed by atoms with Gasteiger partial charge in [-0.1, -0.05) is 42.5 Å². The Morgan fingerprint density at radius 2 is 1.93 bits per heavy atom. The normalized spacial score (nSPS) is 16.5. The van der Waals surface area contributed by atoms with Crippen LogP contribution in [0.5, 0.6) is 0 Å². The molecule has 0 radical (unpaired) electrons. The van der Waals surface area contributed by atoms with Crippen LogP contribution in [0.4, 0.5) is 0 Å². The summed E-state index contributed by atoms with van der Waals surface area (Å²) >= 11 is 1.65. The first kappa shape index (κ1) is 18.8. The topological polar surface area (TPSA) is 78.6 Å². The molecule has 2 heterocycles. The Morgan fingerprint density at radius 1 is 1.07 bits per heavy atom. The molecular weight excluding hydrogens is 394 g/mol. The van der Waals surface area contributed by atoms with E-state index < -0.39 is 5.69 Å². The first-order valence-corrected chi connectivity index (χ1v) is 11.0. The van der Waals surface area contributed by atoms with E-state index in [2.05, 4.69) is 39.2 Å². The highest BCUT2D eigenvalue weighted by atomic mass is 32.1. The molecule has 0 amide bonds. The predicted octanol–water partition coefficient (Wildman–Crippen LogP) is 4.61. The molecule has 5 nitrogen and oxygen atoms in total. The van der Waals surface area contributed by atoms with Crippen molar-refractivity contribution in [3.8, 4) is 0 Å². The van der Waals surface area contributed by atoms with Gasteiger partial charge in [0, 0.05) is 23.6 Å². The van der Waals surface area contributed by atoms with Crippen LogP contribution in [0.3, 0.4) is 0 Å². The summed E-state index contributed by atoms with van der Waals surface area (Å²) in [6, 6.07) is 16.3. The van der Waals surface area contributed by atoms with E-state index in [0.29, 0.717) is 12.0 Å². The van der Waals surface area contributed by atoms with E-state index in [1.54, 1.807) is 11.3 Å². The molecule has 0 bridgehead atoms. The van der Waals surface area contributed by atoms with Crippen molar-refractivity contribution in [1.29, 1.82) is 0 Å². The van der Waals surface area contributed by atoms with Crippen LogP contribution in [0.1, 0.15) is 47.6 Å². The van der Waals surface area contributed by atoms with E-state index in [1.165, 1.54) is 15.8 Å². The number of aromatic nitrogens is 3. The molecule has 2 aromatic carbocycles. The first-order valence-electron chi connectivity index (χ1n) is 10.1. The maximum atomic E-state index is 12.6. The van der Waals surface area contributed by atoms with Gasteiger partial charge in [0.2, 0.25) is 0 Å². The van der Waals surface area contributed by atoms with Gasteiger partial charge in [-0.25, -0.2) is 9.78 Å². The molecule has 4 aromatic rings. The predicted molar refractivity (Wildman–Crippen MR) is 121 cm³/mol. The van der Waals surface area contributed by atoms with Crippen molar-refractivity contribution < 1.29 is 0 Å². The van der Waals surface area contributed by atoms with Gasteiger partial charge in [-0.05, 0) is 48.1 Å². The van der Waals surface area contributed by atoms with Gasteiger partial charge in [0.1, 0.15) is 0 Å². The Labute approximate surface area is 177 Å². The van der Waals surface area contributed by atoms with Crippen LogP contribution in [-0.4, -0.2) is 15.0 Å². The maximum absolute atomic E-state index is 12.6. The lowest BCUT2D eigenvalue weighted by Gasteiger charge is -2.24. The quantitative estimate of drug-likeness (QED) is 0.511. The number of thiazole rings is 1. The second kappa shape index (κ2) is 7.88. The van der Waals surface area contributed by atoms with Crippen molar-refractivity contribution in [2.45, 2.75) is 31.6 Å². The number of allylic oxidation sites excluding steroid dienone is 2. The summed E-state index contributed by atoms with van der Waals surface area (Å²) in [5.74, 6) is 0.134. The van der Waals surface area contributed by atoms with Gasteiger partial charge >= 0.3 is 5.69 Å². The van der Waals surface area contributed by atoms with Crippen molar-refractivity contribution in [2.24, 2.45) is 0 Å². The highest BCUT2D eigenvalue weighted by molar-refractivity contribution is 7.16. The summed E-state index contributed by atoms with van der Waals surface area (Å²) in [5, 5.41) is 0. The molecule has 2 N–H and O–H groups in total. The maximum Gasteiger partial charge on any atom is 0.325 e. The highest BCUT2D eigenvalue weighted by Crippen LogP contribution is 2.37. The number of fused-ring (bicyclic) bond motifs is 1. The second-order valence-electron chi connectivity index (χ2n) is 7.70. The average molecular weight is 416 g/mol. The molecule has 1 unspecified atom stereocenters. The van der Waals surface area contributed by atoms with Crippen LogP contribution in [0, 0.1) is 0 Å². The van der Waals surface area contributed by atoms with Crippen molar-refractivity contribution >= 4 is 27.1 Å². The van der Waals surface area contributed by atoms with Crippen LogP contribution in [0.2, 0.25) is 0 Å². The largest absolute Gasteiger partial charge is 0.325 e. The number of nitrogens with zero attached hydrogens (tertiary/aromatic N) is 1. The van der Waals surface area contributed by atoms with Crippen LogP contribution >= 0.6 is 11.3 Å². The molecule has 6 heteroatoms. The number of H-pyrrole nitrogens is 2. The molecule has 0 saturated carbocycles. The van der Waals surface area contributed by atoms with E-state index in [1.807, 2.05) is 35.8 Å². The van der Waals surface area contributed by atoms with E-state index in [9.17, 15) is 9.59 Å². The second-order valence-corrected chi connectivity index (χ2v) is 8.58. The zero-order valence-corrected chi connectivity index (χ0v) is 17.2. The van der Waals surface area contributed by atoms with Crippen molar-refractivity contribution in [2.75, 3.05) is 0 Å². The molecule has 30 heavy (non-hydrogen) atoms. The van der Waals surface area contributed by atoms with E-state index in [4.69, 9.17) is 0 Å². The Balaban J connectivity index is 1.45. The fraction of sp³-hybridized carbons (Fsp3) is 0.208. The molecule has 2 aromatic heterocycles. The summed E-state index contributed by atoms with van der Waals surface area (Å²) in [6.45, 7) is 0. The van der Waals surface area contributed by atoms with Gasteiger partial charge in [0.15, 0.2) is 0 Å². The average Bonchev–Trinajstić information content (AvgIpc) is 3.24. The smallest absolute Gasteiger partial charge is 0.311 e. The Hall–Kier alpha value is -3.25. The molecule has 1 aliphatic carbocycles. The van der Waals surface area contributed by atoms with E-state index in [0.717, 1.165) is 36.0 Å². The summed E-state index contributed by atoms with van der Waals surface area (Å²) in [6.07, 6.45) is 5.37. The minimum atomic E-state index is -0.433. The molecule has 0 saturated heterocycles. The molecule has 5 rings (SSSR count). The van der Waals surface area contributed by atoms with Gasteiger partial charge in [-0.3, -0.25) is 9.78 Å². The summed E-state index contributed by atoms with van der Waals surface area (Å²) in [7, 11) is 0. The SMILES string of the molecule is O=c1[nH]c(C2CC=C(c3ccc4ncsc4c3)CC2)c(Cc2ccccc2)c(=O)[nH]1. The fourth-order valence-corrected chi connectivity index (χ4v) is 4.98. The van der Waals surface area contributed by atoms with Gasteiger partial charge in [0.25, 0.3) is 5.56 Å². The number of hydrogen-bond acceptors (Lipinski definition) is 4. The van der Waals surface area contributed by atoms with Gasteiger partial charge < -0.3 is 4.98 Å². The zero-order valence-electron chi connectivity index (χ0n) is 16.4. The molecule has 0 aliphatic heterocycles.